The van der Waals surface area contributed by atoms with Crippen LogP contribution in [0.3, 0.4) is 0 Å². The molecule has 0 bridgehead atoms. The Morgan fingerprint density at radius 1 is 1.11 bits per heavy atom. The molecule has 0 aliphatic carbocycles. The third kappa shape index (κ3) is 4.58. The molecular weight excluding hydrogens is 342 g/mol. The number of carboxylic acid groups (broad SMARTS) is 1. The molecule has 138 valence electrons. The van der Waals surface area contributed by atoms with Gasteiger partial charge in [0.15, 0.2) is 0 Å². The largest absolute Gasteiger partial charge is 0.480 e. The van der Waals surface area contributed by atoms with Crippen molar-refractivity contribution in [3.8, 4) is 11.4 Å². The van der Waals surface area contributed by atoms with E-state index in [4.69, 9.17) is 5.11 Å². The summed E-state index contributed by atoms with van der Waals surface area (Å²) in [4.78, 5) is 24.0. The zero-order valence-corrected chi connectivity index (χ0v) is 15.2. The van der Waals surface area contributed by atoms with Crippen LogP contribution in [0.4, 0.5) is 17.5 Å². The van der Waals surface area contributed by atoms with Crippen molar-refractivity contribution >= 4 is 23.4 Å². The first-order valence-electron chi connectivity index (χ1n) is 8.68. The lowest BCUT2D eigenvalue weighted by Gasteiger charge is -2.15. The SMILES string of the molecule is CCc1cccc(C)c1Nc1cc(-c2ccccn2)nc(NCC(=O)O)n1. The quantitative estimate of drug-likeness (QED) is 0.589. The van der Waals surface area contributed by atoms with Crippen molar-refractivity contribution in [3.05, 3.63) is 59.8 Å². The van der Waals surface area contributed by atoms with Crippen LogP contribution in [0.1, 0.15) is 18.1 Å². The van der Waals surface area contributed by atoms with Crippen molar-refractivity contribution in [2.24, 2.45) is 0 Å². The fraction of sp³-hybridized carbons (Fsp3) is 0.200. The lowest BCUT2D eigenvalue weighted by molar-refractivity contribution is -0.134. The average molecular weight is 363 g/mol. The molecule has 2 aromatic heterocycles. The molecule has 0 saturated carbocycles. The number of rotatable bonds is 7. The molecule has 27 heavy (non-hydrogen) atoms. The van der Waals surface area contributed by atoms with Gasteiger partial charge in [0, 0.05) is 18.0 Å². The van der Waals surface area contributed by atoms with Gasteiger partial charge in [-0.25, -0.2) is 4.98 Å². The number of pyridine rings is 1. The molecule has 0 amide bonds. The third-order valence-corrected chi connectivity index (χ3v) is 4.04. The maximum Gasteiger partial charge on any atom is 0.322 e. The molecule has 2 heterocycles. The van der Waals surface area contributed by atoms with Crippen molar-refractivity contribution < 1.29 is 9.90 Å². The van der Waals surface area contributed by atoms with Crippen molar-refractivity contribution in [3.63, 3.8) is 0 Å². The summed E-state index contributed by atoms with van der Waals surface area (Å²) in [5.74, 6) is -0.180. The van der Waals surface area contributed by atoms with Crippen molar-refractivity contribution in [1.82, 2.24) is 15.0 Å². The second kappa shape index (κ2) is 8.27. The minimum atomic E-state index is -0.983. The monoisotopic (exact) mass is 363 g/mol. The van der Waals surface area contributed by atoms with E-state index < -0.39 is 5.97 Å². The van der Waals surface area contributed by atoms with Gasteiger partial charge in [-0.2, -0.15) is 4.98 Å². The molecule has 0 spiro atoms. The lowest BCUT2D eigenvalue weighted by Crippen LogP contribution is -2.15. The van der Waals surface area contributed by atoms with Gasteiger partial charge >= 0.3 is 5.97 Å². The molecule has 0 unspecified atom stereocenters. The number of nitrogens with zero attached hydrogens (tertiary/aromatic N) is 3. The van der Waals surface area contributed by atoms with Gasteiger partial charge in [-0.05, 0) is 36.6 Å². The first-order valence-corrected chi connectivity index (χ1v) is 8.68. The first kappa shape index (κ1) is 18.3. The second-order valence-electron chi connectivity index (χ2n) is 6.01. The predicted octanol–water partition coefficient (Wildman–Crippen LogP) is 3.65. The van der Waals surface area contributed by atoms with E-state index in [1.165, 1.54) is 5.56 Å². The smallest absolute Gasteiger partial charge is 0.322 e. The molecule has 7 nitrogen and oxygen atoms in total. The Morgan fingerprint density at radius 2 is 1.96 bits per heavy atom. The van der Waals surface area contributed by atoms with E-state index >= 15 is 0 Å². The van der Waals surface area contributed by atoms with Crippen LogP contribution in [0.2, 0.25) is 0 Å². The van der Waals surface area contributed by atoms with Gasteiger partial charge in [-0.15, -0.1) is 0 Å². The molecule has 7 heteroatoms. The number of hydrogen-bond donors (Lipinski definition) is 3. The zero-order valence-electron chi connectivity index (χ0n) is 15.2. The lowest BCUT2D eigenvalue weighted by atomic mass is 10.1. The molecule has 3 aromatic rings. The molecule has 3 N–H and O–H groups in total. The Morgan fingerprint density at radius 3 is 2.67 bits per heavy atom. The van der Waals surface area contributed by atoms with Gasteiger partial charge in [0.1, 0.15) is 12.4 Å². The van der Waals surface area contributed by atoms with Crippen molar-refractivity contribution in [2.75, 3.05) is 17.2 Å². The van der Waals surface area contributed by atoms with Gasteiger partial charge in [0.25, 0.3) is 0 Å². The van der Waals surface area contributed by atoms with E-state index in [-0.39, 0.29) is 12.5 Å². The van der Waals surface area contributed by atoms with Gasteiger partial charge in [-0.3, -0.25) is 9.78 Å². The summed E-state index contributed by atoms with van der Waals surface area (Å²) in [6.45, 7) is 3.86. The maximum absolute atomic E-state index is 10.9. The highest BCUT2D eigenvalue weighted by molar-refractivity contribution is 5.73. The van der Waals surface area contributed by atoms with E-state index in [2.05, 4.69) is 38.6 Å². The number of carboxylic acids is 1. The molecule has 3 rings (SSSR count). The minimum Gasteiger partial charge on any atom is -0.480 e. The number of hydrogen-bond acceptors (Lipinski definition) is 6. The van der Waals surface area contributed by atoms with Crippen molar-refractivity contribution in [1.29, 1.82) is 0 Å². The van der Waals surface area contributed by atoms with E-state index in [1.54, 1.807) is 12.3 Å². The number of benzene rings is 1. The summed E-state index contributed by atoms with van der Waals surface area (Å²) < 4.78 is 0. The van der Waals surface area contributed by atoms with Gasteiger partial charge in [0.2, 0.25) is 5.95 Å². The van der Waals surface area contributed by atoms with Crippen molar-refractivity contribution in [2.45, 2.75) is 20.3 Å². The van der Waals surface area contributed by atoms with Gasteiger partial charge < -0.3 is 15.7 Å². The van der Waals surface area contributed by atoms with Crippen LogP contribution in [0, 0.1) is 6.92 Å². The number of aryl methyl sites for hydroxylation is 2. The number of aromatic nitrogens is 3. The fourth-order valence-electron chi connectivity index (χ4n) is 2.72. The molecule has 0 aliphatic heterocycles. The Labute approximate surface area is 157 Å². The van der Waals surface area contributed by atoms with Crippen LogP contribution in [-0.2, 0) is 11.2 Å². The number of para-hydroxylation sites is 1. The average Bonchev–Trinajstić information content (AvgIpc) is 2.68. The number of aliphatic carboxylic acids is 1. The van der Waals surface area contributed by atoms with Gasteiger partial charge in [0.05, 0.1) is 11.4 Å². The fourth-order valence-corrected chi connectivity index (χ4v) is 2.72. The molecule has 0 radical (unpaired) electrons. The first-order chi connectivity index (χ1) is 13.1. The van der Waals surface area contributed by atoms with Crippen LogP contribution in [0.15, 0.2) is 48.7 Å². The van der Waals surface area contributed by atoms with Crippen LogP contribution in [0.25, 0.3) is 11.4 Å². The van der Waals surface area contributed by atoms with E-state index in [9.17, 15) is 4.79 Å². The normalized spacial score (nSPS) is 10.4. The predicted molar refractivity (Wildman–Crippen MR) is 105 cm³/mol. The van der Waals surface area contributed by atoms with E-state index in [1.807, 2.05) is 37.3 Å². The summed E-state index contributed by atoms with van der Waals surface area (Å²) >= 11 is 0. The third-order valence-electron chi connectivity index (χ3n) is 4.04. The standard InChI is InChI=1S/C20H21N5O2/c1-3-14-8-6-7-13(2)19(14)24-17-11-16(15-9-4-5-10-21-15)23-20(25-17)22-12-18(26)27/h4-11H,3,12H2,1-2H3,(H,26,27)(H2,22,23,24,25). The summed E-state index contributed by atoms with van der Waals surface area (Å²) in [6.07, 6.45) is 2.57. The van der Waals surface area contributed by atoms with Crippen LogP contribution in [-0.4, -0.2) is 32.6 Å². The van der Waals surface area contributed by atoms with E-state index in [0.29, 0.717) is 17.2 Å². The second-order valence-corrected chi connectivity index (χ2v) is 6.01. The molecule has 0 saturated heterocycles. The van der Waals surface area contributed by atoms with E-state index in [0.717, 1.165) is 17.7 Å². The highest BCUT2D eigenvalue weighted by atomic mass is 16.4. The molecule has 0 aliphatic rings. The molecule has 0 atom stereocenters. The number of anilines is 3. The molecule has 0 fully saturated rings. The Bertz CT molecular complexity index is 944. The summed E-state index contributed by atoms with van der Waals surface area (Å²) in [7, 11) is 0. The zero-order chi connectivity index (χ0) is 19.2. The highest BCUT2D eigenvalue weighted by Crippen LogP contribution is 2.27. The summed E-state index contributed by atoms with van der Waals surface area (Å²) in [5.41, 5.74) is 4.56. The van der Waals surface area contributed by atoms with Crippen LogP contribution >= 0.6 is 0 Å². The summed E-state index contributed by atoms with van der Waals surface area (Å²) in [6, 6.07) is 13.5. The Hall–Kier alpha value is -3.48. The summed E-state index contributed by atoms with van der Waals surface area (Å²) in [5, 5.41) is 15.0. The minimum absolute atomic E-state index is 0.231. The maximum atomic E-state index is 10.9. The molecule has 1 aromatic carbocycles. The van der Waals surface area contributed by atoms with Crippen LogP contribution in [0.5, 0.6) is 0 Å². The van der Waals surface area contributed by atoms with Crippen LogP contribution < -0.4 is 10.6 Å². The number of nitrogens with one attached hydrogen (secondary N) is 2. The van der Waals surface area contributed by atoms with Gasteiger partial charge in [-0.1, -0.05) is 31.2 Å². The molecular formula is C20H21N5O2. The highest BCUT2D eigenvalue weighted by Gasteiger charge is 2.11. The Kier molecular flexibility index (Phi) is 5.61. The Balaban J connectivity index is 2.01. The topological polar surface area (TPSA) is 100 Å². The number of carbonyl (C=O) groups is 1.